The number of hydrogen-bond donors (Lipinski definition) is 1. The molecule has 2 rings (SSSR count). The quantitative estimate of drug-likeness (QED) is 0.746. The van der Waals surface area contributed by atoms with Crippen LogP contribution in [0.2, 0.25) is 0 Å². The molecule has 1 atom stereocenters. The monoisotopic (exact) mass is 295 g/mol. The van der Waals surface area contributed by atoms with Crippen molar-refractivity contribution in [3.8, 4) is 0 Å². The van der Waals surface area contributed by atoms with E-state index in [-0.39, 0.29) is 5.91 Å². The zero-order chi connectivity index (χ0) is 14.4. The molecule has 0 spiro atoms. The van der Waals surface area contributed by atoms with Crippen molar-refractivity contribution in [2.24, 2.45) is 5.92 Å². The van der Waals surface area contributed by atoms with E-state index >= 15 is 0 Å². The van der Waals surface area contributed by atoms with Gasteiger partial charge >= 0.3 is 0 Å². The fourth-order valence-electron chi connectivity index (χ4n) is 1.81. The first-order valence-electron chi connectivity index (χ1n) is 6.96. The summed E-state index contributed by atoms with van der Waals surface area (Å²) in [5, 5.41) is 2.86. The second kappa shape index (κ2) is 7.55. The molecule has 110 valence electrons. The van der Waals surface area contributed by atoms with Gasteiger partial charge in [0, 0.05) is 47.3 Å². The van der Waals surface area contributed by atoms with Crippen LogP contribution in [-0.4, -0.2) is 36.1 Å². The summed E-state index contributed by atoms with van der Waals surface area (Å²) >= 11 is 0. The van der Waals surface area contributed by atoms with E-state index in [9.17, 15) is 9.00 Å². The lowest BCUT2D eigenvalue weighted by molar-refractivity contribution is 0.0937. The van der Waals surface area contributed by atoms with Crippen molar-refractivity contribution in [1.29, 1.82) is 0 Å². The van der Waals surface area contributed by atoms with E-state index in [1.807, 2.05) is 0 Å². The van der Waals surface area contributed by atoms with Crippen LogP contribution in [0.5, 0.6) is 0 Å². The van der Waals surface area contributed by atoms with Gasteiger partial charge in [0.05, 0.1) is 0 Å². The van der Waals surface area contributed by atoms with Gasteiger partial charge in [-0.25, -0.2) is 0 Å². The SMILES string of the molecule is CS(=O)c1ccc(C(=O)NCCCOCC2CC2)cc1. The van der Waals surface area contributed by atoms with Gasteiger partial charge in [-0.1, -0.05) is 0 Å². The molecular weight excluding hydrogens is 274 g/mol. The van der Waals surface area contributed by atoms with Gasteiger partial charge < -0.3 is 10.1 Å². The molecule has 0 bridgehead atoms. The highest BCUT2D eigenvalue weighted by atomic mass is 32.2. The molecule has 1 aromatic carbocycles. The van der Waals surface area contributed by atoms with Crippen molar-refractivity contribution >= 4 is 16.7 Å². The van der Waals surface area contributed by atoms with Crippen LogP contribution in [0, 0.1) is 5.92 Å². The van der Waals surface area contributed by atoms with Crippen molar-refractivity contribution in [2.75, 3.05) is 26.0 Å². The van der Waals surface area contributed by atoms with E-state index in [1.165, 1.54) is 12.8 Å². The third-order valence-electron chi connectivity index (χ3n) is 3.25. The van der Waals surface area contributed by atoms with Gasteiger partial charge in [-0.3, -0.25) is 9.00 Å². The normalized spacial score (nSPS) is 15.8. The molecule has 0 radical (unpaired) electrons. The summed E-state index contributed by atoms with van der Waals surface area (Å²) in [6, 6.07) is 6.86. The number of carbonyl (C=O) groups excluding carboxylic acids is 1. The summed E-state index contributed by atoms with van der Waals surface area (Å²) in [6.45, 7) is 2.18. The van der Waals surface area contributed by atoms with Crippen molar-refractivity contribution in [3.63, 3.8) is 0 Å². The summed E-state index contributed by atoms with van der Waals surface area (Å²) in [4.78, 5) is 12.6. The topological polar surface area (TPSA) is 55.4 Å². The van der Waals surface area contributed by atoms with E-state index in [4.69, 9.17) is 4.74 Å². The number of carbonyl (C=O) groups is 1. The van der Waals surface area contributed by atoms with Gasteiger partial charge in [-0.15, -0.1) is 0 Å². The van der Waals surface area contributed by atoms with E-state index in [0.29, 0.717) is 18.7 Å². The largest absolute Gasteiger partial charge is 0.381 e. The van der Waals surface area contributed by atoms with Crippen molar-refractivity contribution < 1.29 is 13.7 Å². The fraction of sp³-hybridized carbons (Fsp3) is 0.533. The number of benzene rings is 1. The second-order valence-corrected chi connectivity index (χ2v) is 6.49. The zero-order valence-electron chi connectivity index (χ0n) is 11.8. The summed E-state index contributed by atoms with van der Waals surface area (Å²) in [6.07, 6.45) is 5.05. The van der Waals surface area contributed by atoms with Gasteiger partial charge in [-0.2, -0.15) is 0 Å². The summed E-state index contributed by atoms with van der Waals surface area (Å²) in [5.74, 6) is 0.688. The average Bonchev–Trinajstić information content (AvgIpc) is 3.26. The Morgan fingerprint density at radius 1 is 1.35 bits per heavy atom. The molecule has 0 aliphatic heterocycles. The summed E-state index contributed by atoms with van der Waals surface area (Å²) in [7, 11) is -1.01. The van der Waals surface area contributed by atoms with Gasteiger partial charge in [0.25, 0.3) is 5.91 Å². The molecule has 4 nitrogen and oxygen atoms in total. The smallest absolute Gasteiger partial charge is 0.251 e. The zero-order valence-corrected chi connectivity index (χ0v) is 12.6. The summed E-state index contributed by atoms with van der Waals surface area (Å²) < 4.78 is 16.7. The molecular formula is C15H21NO3S. The Morgan fingerprint density at radius 3 is 2.65 bits per heavy atom. The Kier molecular flexibility index (Phi) is 5.73. The molecule has 1 amide bonds. The molecule has 1 aromatic rings. The van der Waals surface area contributed by atoms with Crippen LogP contribution in [0.25, 0.3) is 0 Å². The molecule has 1 N–H and O–H groups in total. The maximum atomic E-state index is 11.8. The molecule has 0 aromatic heterocycles. The lowest BCUT2D eigenvalue weighted by Gasteiger charge is -2.06. The van der Waals surface area contributed by atoms with E-state index in [2.05, 4.69) is 5.32 Å². The fourth-order valence-corrected chi connectivity index (χ4v) is 2.33. The maximum Gasteiger partial charge on any atom is 0.251 e. The second-order valence-electron chi connectivity index (χ2n) is 5.11. The average molecular weight is 295 g/mol. The van der Waals surface area contributed by atoms with Crippen LogP contribution in [0.1, 0.15) is 29.6 Å². The standard InChI is InChI=1S/C15H21NO3S/c1-20(18)14-7-5-13(6-8-14)15(17)16-9-2-10-19-11-12-3-4-12/h5-8,12H,2-4,9-11H2,1H3,(H,16,17). The van der Waals surface area contributed by atoms with Gasteiger partial charge in [0.2, 0.25) is 0 Å². The van der Waals surface area contributed by atoms with Crippen LogP contribution in [0.15, 0.2) is 29.2 Å². The van der Waals surface area contributed by atoms with Gasteiger partial charge in [0.1, 0.15) is 0 Å². The first kappa shape index (κ1) is 15.2. The Labute approximate surface area is 122 Å². The third kappa shape index (κ3) is 5.06. The predicted molar refractivity (Wildman–Crippen MR) is 79.3 cm³/mol. The van der Waals surface area contributed by atoms with Crippen LogP contribution < -0.4 is 5.32 Å². The van der Waals surface area contributed by atoms with Crippen molar-refractivity contribution in [1.82, 2.24) is 5.32 Å². The molecule has 1 fully saturated rings. The first-order chi connectivity index (χ1) is 9.66. The molecule has 1 unspecified atom stereocenters. The number of rotatable bonds is 8. The highest BCUT2D eigenvalue weighted by Crippen LogP contribution is 2.28. The lowest BCUT2D eigenvalue weighted by Crippen LogP contribution is -2.25. The minimum absolute atomic E-state index is 0.0966. The van der Waals surface area contributed by atoms with Crippen molar-refractivity contribution in [2.45, 2.75) is 24.2 Å². The molecule has 20 heavy (non-hydrogen) atoms. The van der Waals surface area contributed by atoms with E-state index in [1.54, 1.807) is 30.5 Å². The van der Waals surface area contributed by atoms with Crippen LogP contribution in [0.4, 0.5) is 0 Å². The number of hydrogen-bond acceptors (Lipinski definition) is 3. The highest BCUT2D eigenvalue weighted by molar-refractivity contribution is 7.84. The van der Waals surface area contributed by atoms with E-state index < -0.39 is 10.8 Å². The number of ether oxygens (including phenoxy) is 1. The van der Waals surface area contributed by atoms with Gasteiger partial charge in [0.15, 0.2) is 0 Å². The Bertz CT molecular complexity index is 469. The molecule has 1 aliphatic rings. The van der Waals surface area contributed by atoms with Gasteiger partial charge in [-0.05, 0) is 49.4 Å². The first-order valence-corrected chi connectivity index (χ1v) is 8.52. The van der Waals surface area contributed by atoms with Crippen LogP contribution >= 0.6 is 0 Å². The highest BCUT2D eigenvalue weighted by Gasteiger charge is 2.20. The maximum absolute atomic E-state index is 11.8. The Morgan fingerprint density at radius 2 is 2.05 bits per heavy atom. The Hall–Kier alpha value is -1.20. The summed E-state index contributed by atoms with van der Waals surface area (Å²) in [5.41, 5.74) is 0.595. The van der Waals surface area contributed by atoms with Crippen LogP contribution in [-0.2, 0) is 15.5 Å². The number of amides is 1. The predicted octanol–water partition coefficient (Wildman–Crippen LogP) is 1.97. The van der Waals surface area contributed by atoms with Crippen molar-refractivity contribution in [3.05, 3.63) is 29.8 Å². The van der Waals surface area contributed by atoms with Crippen LogP contribution in [0.3, 0.4) is 0 Å². The number of nitrogens with one attached hydrogen (secondary N) is 1. The Balaban J connectivity index is 1.64. The molecule has 1 aliphatic carbocycles. The third-order valence-corrected chi connectivity index (χ3v) is 4.19. The van der Waals surface area contributed by atoms with E-state index in [0.717, 1.165) is 23.8 Å². The lowest BCUT2D eigenvalue weighted by atomic mass is 10.2. The molecule has 0 saturated heterocycles. The molecule has 5 heteroatoms. The molecule has 1 saturated carbocycles. The minimum atomic E-state index is -1.01. The molecule has 0 heterocycles. The minimum Gasteiger partial charge on any atom is -0.381 e.